The molecular formula is C21H27N3O7. The predicted molar refractivity (Wildman–Crippen MR) is 110 cm³/mol. The highest BCUT2D eigenvalue weighted by Gasteiger charge is 2.32. The number of amides is 3. The van der Waals surface area contributed by atoms with Crippen LogP contribution in [0.15, 0.2) is 29.5 Å². The number of nitrogens with one attached hydrogen (secondary N) is 2. The molecule has 31 heavy (non-hydrogen) atoms. The molecule has 0 spiro atoms. The van der Waals surface area contributed by atoms with Crippen molar-refractivity contribution in [2.75, 3.05) is 46.6 Å². The second kappa shape index (κ2) is 10.2. The summed E-state index contributed by atoms with van der Waals surface area (Å²) in [7, 11) is 1.48. The van der Waals surface area contributed by atoms with Crippen molar-refractivity contribution >= 4 is 17.9 Å². The summed E-state index contributed by atoms with van der Waals surface area (Å²) in [6, 6.07) is 3.88. The zero-order chi connectivity index (χ0) is 22.4. The van der Waals surface area contributed by atoms with Gasteiger partial charge in [0.25, 0.3) is 5.91 Å². The second-order valence-electron chi connectivity index (χ2n) is 6.98. The molecule has 0 aromatic heterocycles. The van der Waals surface area contributed by atoms with E-state index in [0.29, 0.717) is 54.6 Å². The van der Waals surface area contributed by atoms with Gasteiger partial charge in [-0.3, -0.25) is 4.79 Å². The highest BCUT2D eigenvalue weighted by molar-refractivity contribution is 5.95. The van der Waals surface area contributed by atoms with Crippen molar-refractivity contribution in [3.05, 3.63) is 35.0 Å². The van der Waals surface area contributed by atoms with Crippen LogP contribution in [-0.2, 0) is 19.1 Å². The largest absolute Gasteiger partial charge is 0.493 e. The van der Waals surface area contributed by atoms with Gasteiger partial charge in [0, 0.05) is 18.8 Å². The maximum Gasteiger partial charge on any atom is 0.338 e. The van der Waals surface area contributed by atoms with E-state index in [1.54, 1.807) is 36.9 Å². The Kier molecular flexibility index (Phi) is 7.35. The lowest BCUT2D eigenvalue weighted by Crippen LogP contribution is -2.45. The fourth-order valence-electron chi connectivity index (χ4n) is 3.45. The van der Waals surface area contributed by atoms with Crippen LogP contribution >= 0.6 is 0 Å². The Morgan fingerprint density at radius 3 is 2.65 bits per heavy atom. The first-order valence-corrected chi connectivity index (χ1v) is 10.1. The number of carbonyl (C=O) groups excluding carboxylic acids is 3. The van der Waals surface area contributed by atoms with Gasteiger partial charge in [-0.1, -0.05) is 6.07 Å². The summed E-state index contributed by atoms with van der Waals surface area (Å²) in [6.07, 6.45) is 0. The quantitative estimate of drug-likeness (QED) is 0.619. The predicted octanol–water partition coefficient (Wildman–Crippen LogP) is 1.12. The molecule has 0 unspecified atom stereocenters. The smallest absolute Gasteiger partial charge is 0.338 e. The summed E-state index contributed by atoms with van der Waals surface area (Å²) >= 11 is 0. The molecule has 3 rings (SSSR count). The molecule has 1 fully saturated rings. The Hall–Kier alpha value is -3.27. The number of methoxy groups -OCH3 is 1. The summed E-state index contributed by atoms with van der Waals surface area (Å²) in [5.74, 6) is 0.100. The minimum absolute atomic E-state index is 0.132. The van der Waals surface area contributed by atoms with Crippen LogP contribution in [0.4, 0.5) is 4.79 Å². The van der Waals surface area contributed by atoms with E-state index in [-0.39, 0.29) is 19.1 Å². The summed E-state index contributed by atoms with van der Waals surface area (Å²) in [5, 5.41) is 5.33. The Bertz CT molecular complexity index is 878. The van der Waals surface area contributed by atoms with Gasteiger partial charge in [0.15, 0.2) is 18.1 Å². The zero-order valence-electron chi connectivity index (χ0n) is 17.9. The van der Waals surface area contributed by atoms with Crippen LogP contribution in [0.2, 0.25) is 0 Å². The first kappa shape index (κ1) is 22.4. The Balaban J connectivity index is 1.79. The number of nitrogens with zero attached hydrogens (tertiary/aromatic N) is 1. The number of rotatable bonds is 7. The van der Waals surface area contributed by atoms with E-state index in [1.807, 2.05) is 0 Å². The monoisotopic (exact) mass is 433 g/mol. The molecular weight excluding hydrogens is 406 g/mol. The van der Waals surface area contributed by atoms with Gasteiger partial charge in [-0.2, -0.15) is 0 Å². The number of hydrogen-bond donors (Lipinski definition) is 2. The second-order valence-corrected chi connectivity index (χ2v) is 6.98. The van der Waals surface area contributed by atoms with Gasteiger partial charge in [-0.25, -0.2) is 9.59 Å². The maximum absolute atomic E-state index is 12.5. The molecule has 0 bridgehead atoms. The Morgan fingerprint density at radius 1 is 1.23 bits per heavy atom. The van der Waals surface area contributed by atoms with Crippen molar-refractivity contribution < 1.29 is 33.3 Å². The van der Waals surface area contributed by atoms with Crippen LogP contribution in [0.25, 0.3) is 0 Å². The van der Waals surface area contributed by atoms with Gasteiger partial charge in [-0.05, 0) is 31.5 Å². The molecule has 10 nitrogen and oxygen atoms in total. The molecule has 0 saturated carbocycles. The molecule has 1 aromatic rings. The van der Waals surface area contributed by atoms with Gasteiger partial charge in [-0.15, -0.1) is 0 Å². The van der Waals surface area contributed by atoms with E-state index >= 15 is 0 Å². The molecule has 1 aromatic carbocycles. The number of benzene rings is 1. The summed E-state index contributed by atoms with van der Waals surface area (Å²) in [4.78, 5) is 38.5. The normalized spacial score (nSPS) is 18.7. The lowest BCUT2D eigenvalue weighted by atomic mass is 9.95. The molecule has 168 valence electrons. The SMILES string of the molecule is CCOC(=O)C1=C(C)NC(=O)N[C@@H]1c1ccc(OCC(=O)N2CCOCC2)c(OC)c1. The molecule has 0 radical (unpaired) electrons. The van der Waals surface area contributed by atoms with Crippen molar-refractivity contribution in [3.63, 3.8) is 0 Å². The molecule has 2 N–H and O–H groups in total. The first-order chi connectivity index (χ1) is 14.9. The number of allylic oxidation sites excluding steroid dienone is 1. The number of morpholine rings is 1. The zero-order valence-corrected chi connectivity index (χ0v) is 17.9. The first-order valence-electron chi connectivity index (χ1n) is 10.1. The van der Waals surface area contributed by atoms with Crippen molar-refractivity contribution in [2.45, 2.75) is 19.9 Å². The van der Waals surface area contributed by atoms with E-state index in [2.05, 4.69) is 10.6 Å². The molecule has 2 aliphatic heterocycles. The molecule has 2 heterocycles. The lowest BCUT2D eigenvalue weighted by Gasteiger charge is -2.28. The van der Waals surface area contributed by atoms with Crippen molar-refractivity contribution in [1.29, 1.82) is 0 Å². The Morgan fingerprint density at radius 2 is 1.97 bits per heavy atom. The van der Waals surface area contributed by atoms with E-state index < -0.39 is 18.0 Å². The average Bonchev–Trinajstić information content (AvgIpc) is 2.77. The van der Waals surface area contributed by atoms with E-state index in [4.69, 9.17) is 18.9 Å². The third kappa shape index (κ3) is 5.26. The van der Waals surface area contributed by atoms with Gasteiger partial charge >= 0.3 is 12.0 Å². The topological polar surface area (TPSA) is 115 Å². The van der Waals surface area contributed by atoms with Gasteiger partial charge < -0.3 is 34.5 Å². The number of urea groups is 1. The number of esters is 1. The van der Waals surface area contributed by atoms with E-state index in [0.717, 1.165) is 0 Å². The minimum Gasteiger partial charge on any atom is -0.493 e. The summed E-state index contributed by atoms with van der Waals surface area (Å²) in [5.41, 5.74) is 1.34. The molecule has 2 aliphatic rings. The van der Waals surface area contributed by atoms with Crippen molar-refractivity contribution in [1.82, 2.24) is 15.5 Å². The third-order valence-electron chi connectivity index (χ3n) is 5.00. The van der Waals surface area contributed by atoms with Crippen molar-refractivity contribution in [2.24, 2.45) is 0 Å². The average molecular weight is 433 g/mol. The van der Waals surface area contributed by atoms with Gasteiger partial charge in [0.1, 0.15) is 0 Å². The van der Waals surface area contributed by atoms with E-state index in [1.165, 1.54) is 7.11 Å². The molecule has 1 atom stereocenters. The number of hydrogen-bond acceptors (Lipinski definition) is 7. The fourth-order valence-corrected chi connectivity index (χ4v) is 3.45. The summed E-state index contributed by atoms with van der Waals surface area (Å²) < 4.78 is 21.5. The van der Waals surface area contributed by atoms with Gasteiger partial charge in [0.05, 0.1) is 38.5 Å². The highest BCUT2D eigenvalue weighted by atomic mass is 16.5. The van der Waals surface area contributed by atoms with Crippen LogP contribution in [0.1, 0.15) is 25.5 Å². The van der Waals surface area contributed by atoms with E-state index in [9.17, 15) is 14.4 Å². The fraction of sp³-hybridized carbons (Fsp3) is 0.476. The Labute approximate surface area is 180 Å². The van der Waals surface area contributed by atoms with Crippen LogP contribution in [0.3, 0.4) is 0 Å². The number of carbonyl (C=O) groups is 3. The van der Waals surface area contributed by atoms with Gasteiger partial charge in [0.2, 0.25) is 0 Å². The van der Waals surface area contributed by atoms with Crippen LogP contribution in [0, 0.1) is 0 Å². The molecule has 1 saturated heterocycles. The van der Waals surface area contributed by atoms with Crippen LogP contribution < -0.4 is 20.1 Å². The van der Waals surface area contributed by atoms with Crippen LogP contribution in [-0.4, -0.2) is 69.4 Å². The standard InChI is InChI=1S/C21H27N3O7/c1-4-30-20(26)18-13(2)22-21(27)23-19(18)14-5-6-15(16(11-14)28-3)31-12-17(25)24-7-9-29-10-8-24/h5-6,11,19H,4,7-10,12H2,1-3H3,(H2,22,23,27)/t19-/m1/s1. The minimum atomic E-state index is -0.717. The summed E-state index contributed by atoms with van der Waals surface area (Å²) in [6.45, 7) is 5.54. The van der Waals surface area contributed by atoms with Crippen molar-refractivity contribution in [3.8, 4) is 11.5 Å². The molecule has 10 heteroatoms. The molecule has 0 aliphatic carbocycles. The maximum atomic E-state index is 12.5. The highest BCUT2D eigenvalue weighted by Crippen LogP contribution is 2.34. The van der Waals surface area contributed by atoms with Crippen LogP contribution in [0.5, 0.6) is 11.5 Å². The third-order valence-corrected chi connectivity index (χ3v) is 5.00. The lowest BCUT2D eigenvalue weighted by molar-refractivity contribution is -0.139. The molecule has 3 amide bonds. The number of ether oxygens (including phenoxy) is 4.